The first-order valence-corrected chi connectivity index (χ1v) is 12.3. The van der Waals surface area contributed by atoms with E-state index < -0.39 is 0 Å². The number of carbonyl (C=O) groups excluding carboxylic acids is 1. The largest absolute Gasteiger partial charge is 0.336 e. The van der Waals surface area contributed by atoms with Gasteiger partial charge in [0, 0.05) is 48.2 Å². The van der Waals surface area contributed by atoms with Gasteiger partial charge in [-0.05, 0) is 42.3 Å². The lowest BCUT2D eigenvalue weighted by Crippen LogP contribution is -2.49. The summed E-state index contributed by atoms with van der Waals surface area (Å²) in [4.78, 5) is 25.2. The predicted molar refractivity (Wildman–Crippen MR) is 126 cm³/mol. The van der Waals surface area contributed by atoms with Gasteiger partial charge in [0.2, 0.25) is 0 Å². The van der Waals surface area contributed by atoms with Crippen LogP contribution in [-0.2, 0) is 13.0 Å². The number of carbonyl (C=O) groups is 1. The maximum Gasteiger partial charge on any atom is 0.254 e. The summed E-state index contributed by atoms with van der Waals surface area (Å²) in [6.07, 6.45) is 2.87. The topological polar surface area (TPSA) is 54.3 Å². The molecule has 1 aliphatic heterocycles. The van der Waals surface area contributed by atoms with Gasteiger partial charge >= 0.3 is 0 Å². The Bertz CT molecular complexity index is 1160. The Balaban J connectivity index is 1.29. The van der Waals surface area contributed by atoms with Crippen molar-refractivity contribution in [3.8, 4) is 0 Å². The minimum atomic E-state index is 0.0871. The van der Waals surface area contributed by atoms with E-state index >= 15 is 0 Å². The average Bonchev–Trinajstić information content (AvgIpc) is 3.55. The SMILES string of the molecule is Cc1cc(C(=O)N2CCN(CCc3cccs3)CC2)c2cnn(Cc3cccs3)c2n1. The Morgan fingerprint density at radius 2 is 1.81 bits per heavy atom. The standard InChI is InChI=1S/C23H25N5OS2/c1-17-14-20(21-15-24-28(22(21)25-17)16-19-5-3-13-31-19)23(29)27-10-8-26(9-11-27)7-6-18-4-2-12-30-18/h2-5,12-15H,6-11,16H2,1H3. The maximum absolute atomic E-state index is 13.4. The second kappa shape index (κ2) is 8.90. The minimum absolute atomic E-state index is 0.0871. The van der Waals surface area contributed by atoms with Crippen molar-refractivity contribution >= 4 is 39.6 Å². The number of aromatic nitrogens is 3. The second-order valence-corrected chi connectivity index (χ2v) is 9.96. The summed E-state index contributed by atoms with van der Waals surface area (Å²) in [6.45, 7) is 7.03. The highest BCUT2D eigenvalue weighted by molar-refractivity contribution is 7.10. The summed E-state index contributed by atoms with van der Waals surface area (Å²) >= 11 is 3.52. The van der Waals surface area contributed by atoms with E-state index in [0.717, 1.165) is 55.9 Å². The monoisotopic (exact) mass is 451 g/mol. The zero-order valence-electron chi connectivity index (χ0n) is 17.5. The van der Waals surface area contributed by atoms with Gasteiger partial charge in [0.15, 0.2) is 5.65 Å². The van der Waals surface area contributed by atoms with Gasteiger partial charge in [-0.3, -0.25) is 9.69 Å². The zero-order chi connectivity index (χ0) is 21.2. The molecule has 0 N–H and O–H groups in total. The van der Waals surface area contributed by atoms with Crippen molar-refractivity contribution in [1.82, 2.24) is 24.6 Å². The number of aryl methyl sites for hydroxylation is 1. The number of pyridine rings is 1. The molecule has 0 spiro atoms. The molecular weight excluding hydrogens is 426 g/mol. The van der Waals surface area contributed by atoms with Gasteiger partial charge in [0.1, 0.15) is 0 Å². The van der Waals surface area contributed by atoms with Crippen LogP contribution in [-0.4, -0.2) is 63.2 Å². The van der Waals surface area contributed by atoms with Crippen LogP contribution in [0.5, 0.6) is 0 Å². The third-order valence-electron chi connectivity index (χ3n) is 5.77. The molecule has 1 amide bonds. The van der Waals surface area contributed by atoms with Gasteiger partial charge in [-0.25, -0.2) is 9.67 Å². The van der Waals surface area contributed by atoms with Crippen LogP contribution in [0.2, 0.25) is 0 Å². The van der Waals surface area contributed by atoms with Gasteiger partial charge in [-0.2, -0.15) is 5.10 Å². The Morgan fingerprint density at radius 3 is 2.52 bits per heavy atom. The molecule has 0 aromatic carbocycles. The fourth-order valence-corrected chi connectivity index (χ4v) is 5.47. The summed E-state index contributed by atoms with van der Waals surface area (Å²) in [5.41, 5.74) is 2.34. The third-order valence-corrected chi connectivity index (χ3v) is 7.56. The molecule has 0 radical (unpaired) electrons. The van der Waals surface area contributed by atoms with Crippen LogP contribution < -0.4 is 0 Å². The molecule has 6 nitrogen and oxygen atoms in total. The first-order chi connectivity index (χ1) is 15.2. The fourth-order valence-electron chi connectivity index (χ4n) is 4.08. The van der Waals surface area contributed by atoms with Crippen molar-refractivity contribution in [1.29, 1.82) is 0 Å². The molecular formula is C23H25N5OS2. The average molecular weight is 452 g/mol. The Morgan fingerprint density at radius 1 is 1.06 bits per heavy atom. The van der Waals surface area contributed by atoms with Crippen molar-refractivity contribution in [3.63, 3.8) is 0 Å². The lowest BCUT2D eigenvalue weighted by atomic mass is 10.1. The van der Waals surface area contributed by atoms with Gasteiger partial charge in [-0.15, -0.1) is 22.7 Å². The third kappa shape index (κ3) is 4.42. The second-order valence-electron chi connectivity index (χ2n) is 7.89. The van der Waals surface area contributed by atoms with E-state index in [1.165, 1.54) is 9.75 Å². The molecule has 31 heavy (non-hydrogen) atoms. The lowest BCUT2D eigenvalue weighted by molar-refractivity contribution is 0.0640. The van der Waals surface area contributed by atoms with Crippen molar-refractivity contribution in [2.24, 2.45) is 0 Å². The smallest absolute Gasteiger partial charge is 0.254 e. The number of amides is 1. The molecule has 8 heteroatoms. The highest BCUT2D eigenvalue weighted by Gasteiger charge is 2.25. The molecule has 5 heterocycles. The molecule has 1 fully saturated rings. The number of piperazine rings is 1. The van der Waals surface area contributed by atoms with Gasteiger partial charge in [-0.1, -0.05) is 12.1 Å². The highest BCUT2D eigenvalue weighted by atomic mass is 32.1. The molecule has 0 aliphatic carbocycles. The van der Waals surface area contributed by atoms with Gasteiger partial charge in [0.25, 0.3) is 5.91 Å². The minimum Gasteiger partial charge on any atom is -0.336 e. The molecule has 5 rings (SSSR count). The van der Waals surface area contributed by atoms with E-state index in [9.17, 15) is 4.79 Å². The predicted octanol–water partition coefficient (Wildman–Crippen LogP) is 3.91. The van der Waals surface area contributed by atoms with Crippen LogP contribution in [0, 0.1) is 6.92 Å². The van der Waals surface area contributed by atoms with E-state index in [1.807, 2.05) is 40.0 Å². The summed E-state index contributed by atoms with van der Waals surface area (Å²) in [5.74, 6) is 0.0871. The molecule has 1 saturated heterocycles. The Labute approximate surface area is 189 Å². The Kier molecular flexibility index (Phi) is 5.85. The number of rotatable bonds is 6. The van der Waals surface area contributed by atoms with E-state index in [0.29, 0.717) is 12.1 Å². The fraction of sp³-hybridized carbons (Fsp3) is 0.348. The number of thiophene rings is 2. The summed E-state index contributed by atoms with van der Waals surface area (Å²) in [5, 5.41) is 9.58. The number of hydrogen-bond donors (Lipinski definition) is 0. The highest BCUT2D eigenvalue weighted by Crippen LogP contribution is 2.22. The van der Waals surface area contributed by atoms with Crippen LogP contribution in [0.3, 0.4) is 0 Å². The summed E-state index contributed by atoms with van der Waals surface area (Å²) in [7, 11) is 0. The normalized spacial score (nSPS) is 15.1. The molecule has 0 saturated carbocycles. The Hall–Kier alpha value is -2.55. The molecule has 4 aromatic heterocycles. The molecule has 0 unspecified atom stereocenters. The molecule has 0 bridgehead atoms. The molecule has 160 valence electrons. The summed E-state index contributed by atoms with van der Waals surface area (Å²) in [6, 6.07) is 10.3. The van der Waals surface area contributed by atoms with E-state index in [2.05, 4.69) is 39.0 Å². The summed E-state index contributed by atoms with van der Waals surface area (Å²) < 4.78 is 1.90. The zero-order valence-corrected chi connectivity index (χ0v) is 19.2. The van der Waals surface area contributed by atoms with Crippen molar-refractivity contribution < 1.29 is 4.79 Å². The first kappa shape index (κ1) is 20.4. The number of fused-ring (bicyclic) bond motifs is 1. The molecule has 4 aromatic rings. The van der Waals surface area contributed by atoms with Crippen molar-refractivity contribution in [2.75, 3.05) is 32.7 Å². The van der Waals surface area contributed by atoms with Crippen LogP contribution in [0.25, 0.3) is 11.0 Å². The lowest BCUT2D eigenvalue weighted by Gasteiger charge is -2.34. The molecule has 1 aliphatic rings. The quantitative estimate of drug-likeness (QED) is 0.446. The first-order valence-electron chi connectivity index (χ1n) is 10.6. The van der Waals surface area contributed by atoms with Crippen LogP contribution >= 0.6 is 22.7 Å². The van der Waals surface area contributed by atoms with Crippen molar-refractivity contribution in [3.05, 3.63) is 68.3 Å². The van der Waals surface area contributed by atoms with Crippen LogP contribution in [0.15, 0.2) is 47.3 Å². The van der Waals surface area contributed by atoms with E-state index in [-0.39, 0.29) is 5.91 Å². The molecule has 0 atom stereocenters. The maximum atomic E-state index is 13.4. The van der Waals surface area contributed by atoms with E-state index in [4.69, 9.17) is 4.98 Å². The van der Waals surface area contributed by atoms with Crippen LogP contribution in [0.4, 0.5) is 0 Å². The number of hydrogen-bond acceptors (Lipinski definition) is 6. The van der Waals surface area contributed by atoms with E-state index in [1.54, 1.807) is 17.5 Å². The van der Waals surface area contributed by atoms with Gasteiger partial charge in [0.05, 0.1) is 23.7 Å². The van der Waals surface area contributed by atoms with Crippen molar-refractivity contribution in [2.45, 2.75) is 19.9 Å². The van der Waals surface area contributed by atoms with Gasteiger partial charge < -0.3 is 4.90 Å². The number of nitrogens with zero attached hydrogens (tertiary/aromatic N) is 5. The van der Waals surface area contributed by atoms with Crippen LogP contribution in [0.1, 0.15) is 25.8 Å².